The molecule has 4 aromatic rings. The Hall–Kier alpha value is -1.64. The molecule has 0 bridgehead atoms. The van der Waals surface area contributed by atoms with Gasteiger partial charge >= 0.3 is 0 Å². The fraction of sp³-hybridized carbons (Fsp3) is 0.273. The summed E-state index contributed by atoms with van der Waals surface area (Å²) in [5.74, 6) is 1.15. The van der Waals surface area contributed by atoms with E-state index in [4.69, 9.17) is 0 Å². The van der Waals surface area contributed by atoms with Crippen LogP contribution in [0.25, 0.3) is 20.2 Å². The van der Waals surface area contributed by atoms with Crippen LogP contribution in [0.1, 0.15) is 48.6 Å². The molecule has 0 amide bonds. The molecule has 1 unspecified atom stereocenters. The standard InChI is InChI=1S/C22H22S2/c1-14(2)19-13-23-22-17(8-6-9-18(19)22)11-15(3)21-12-16-7-4-5-10-20(16)24-21/h4-10,12-15H,11H2,1-3H3. The fourth-order valence-corrected chi connectivity index (χ4v) is 5.80. The van der Waals surface area contributed by atoms with Gasteiger partial charge in [-0.3, -0.25) is 0 Å². The van der Waals surface area contributed by atoms with Gasteiger partial charge in [0.15, 0.2) is 0 Å². The zero-order valence-electron chi connectivity index (χ0n) is 14.4. The molecule has 0 aliphatic rings. The van der Waals surface area contributed by atoms with Crippen molar-refractivity contribution in [3.8, 4) is 0 Å². The van der Waals surface area contributed by atoms with E-state index in [1.165, 1.54) is 36.2 Å². The predicted octanol–water partition coefficient (Wildman–Crippen LogP) is 7.59. The van der Waals surface area contributed by atoms with Crippen LogP contribution in [-0.2, 0) is 6.42 Å². The molecule has 0 radical (unpaired) electrons. The zero-order valence-corrected chi connectivity index (χ0v) is 16.0. The van der Waals surface area contributed by atoms with Crippen molar-refractivity contribution in [3.63, 3.8) is 0 Å². The molecule has 0 nitrogen and oxygen atoms in total. The fourth-order valence-electron chi connectivity index (χ4n) is 3.42. The molecule has 0 saturated heterocycles. The molecule has 0 N–H and O–H groups in total. The second kappa shape index (κ2) is 6.34. The average molecular weight is 351 g/mol. The minimum Gasteiger partial charge on any atom is -0.143 e. The summed E-state index contributed by atoms with van der Waals surface area (Å²) in [6, 6.07) is 17.9. The molecule has 0 aliphatic carbocycles. The molecule has 0 fully saturated rings. The van der Waals surface area contributed by atoms with E-state index in [2.05, 4.69) is 74.7 Å². The lowest BCUT2D eigenvalue weighted by Crippen LogP contribution is -1.96. The van der Waals surface area contributed by atoms with Crippen LogP contribution >= 0.6 is 22.7 Å². The van der Waals surface area contributed by atoms with Gasteiger partial charge in [0.25, 0.3) is 0 Å². The average Bonchev–Trinajstić information content (AvgIpc) is 3.19. The molecule has 2 heterocycles. The van der Waals surface area contributed by atoms with Crippen molar-refractivity contribution in [3.05, 3.63) is 69.9 Å². The smallest absolute Gasteiger partial charge is 0.0377 e. The Kier molecular flexibility index (Phi) is 4.19. The Morgan fingerprint density at radius 2 is 1.79 bits per heavy atom. The molecule has 2 aromatic heterocycles. The first-order valence-corrected chi connectivity index (χ1v) is 10.3. The van der Waals surface area contributed by atoms with E-state index in [1.807, 2.05) is 22.7 Å². The molecular weight excluding hydrogens is 328 g/mol. The maximum atomic E-state index is 2.37. The topological polar surface area (TPSA) is 0 Å². The van der Waals surface area contributed by atoms with Crippen LogP contribution < -0.4 is 0 Å². The SMILES string of the molecule is CC(C)c1csc2c(CC(C)c3cc4ccccc4s3)cccc12. The van der Waals surface area contributed by atoms with Crippen LogP contribution in [-0.4, -0.2) is 0 Å². The van der Waals surface area contributed by atoms with Gasteiger partial charge in [0, 0.05) is 14.3 Å². The van der Waals surface area contributed by atoms with Crippen molar-refractivity contribution in [2.24, 2.45) is 0 Å². The lowest BCUT2D eigenvalue weighted by molar-refractivity contribution is 0.780. The van der Waals surface area contributed by atoms with Gasteiger partial charge in [-0.15, -0.1) is 22.7 Å². The van der Waals surface area contributed by atoms with Crippen molar-refractivity contribution in [2.45, 2.75) is 39.0 Å². The van der Waals surface area contributed by atoms with Gasteiger partial charge in [0.05, 0.1) is 0 Å². The first-order chi connectivity index (χ1) is 11.6. The Morgan fingerprint density at radius 3 is 2.58 bits per heavy atom. The van der Waals surface area contributed by atoms with E-state index in [-0.39, 0.29) is 0 Å². The lowest BCUT2D eigenvalue weighted by atomic mass is 9.96. The Balaban J connectivity index is 1.68. The summed E-state index contributed by atoms with van der Waals surface area (Å²) in [7, 11) is 0. The van der Waals surface area contributed by atoms with E-state index in [0.29, 0.717) is 11.8 Å². The minimum atomic E-state index is 0.553. The third-order valence-corrected chi connectivity index (χ3v) is 7.23. The Bertz CT molecular complexity index is 954. The molecular formula is C22H22S2. The molecule has 4 rings (SSSR count). The van der Waals surface area contributed by atoms with Gasteiger partial charge in [0.1, 0.15) is 0 Å². The highest BCUT2D eigenvalue weighted by Gasteiger charge is 2.15. The molecule has 2 heteroatoms. The highest BCUT2D eigenvalue weighted by atomic mass is 32.1. The summed E-state index contributed by atoms with van der Waals surface area (Å²) in [4.78, 5) is 1.49. The summed E-state index contributed by atoms with van der Waals surface area (Å²) in [6.07, 6.45) is 1.11. The molecule has 1 atom stereocenters. The quantitative estimate of drug-likeness (QED) is 0.356. The van der Waals surface area contributed by atoms with Crippen molar-refractivity contribution in [2.75, 3.05) is 0 Å². The number of thiophene rings is 2. The summed E-state index contributed by atoms with van der Waals surface area (Å²) in [6.45, 7) is 6.93. The summed E-state index contributed by atoms with van der Waals surface area (Å²) < 4.78 is 2.88. The van der Waals surface area contributed by atoms with Crippen molar-refractivity contribution in [1.82, 2.24) is 0 Å². The van der Waals surface area contributed by atoms with E-state index in [1.54, 1.807) is 0 Å². The van der Waals surface area contributed by atoms with Crippen LogP contribution in [0.4, 0.5) is 0 Å². The van der Waals surface area contributed by atoms with E-state index < -0.39 is 0 Å². The second-order valence-electron chi connectivity index (χ2n) is 6.93. The van der Waals surface area contributed by atoms with Crippen LogP contribution in [0, 0.1) is 0 Å². The maximum Gasteiger partial charge on any atom is 0.0377 e. The van der Waals surface area contributed by atoms with Crippen LogP contribution in [0.3, 0.4) is 0 Å². The third-order valence-electron chi connectivity index (χ3n) is 4.79. The number of rotatable bonds is 4. The van der Waals surface area contributed by atoms with Gasteiger partial charge in [0.2, 0.25) is 0 Å². The maximum absolute atomic E-state index is 2.37. The highest BCUT2D eigenvalue weighted by molar-refractivity contribution is 7.19. The lowest BCUT2D eigenvalue weighted by Gasteiger charge is -2.11. The van der Waals surface area contributed by atoms with Gasteiger partial charge < -0.3 is 0 Å². The normalized spacial score (nSPS) is 13.2. The Labute approximate surface area is 151 Å². The third kappa shape index (κ3) is 2.78. The van der Waals surface area contributed by atoms with Crippen molar-refractivity contribution in [1.29, 1.82) is 0 Å². The van der Waals surface area contributed by atoms with Gasteiger partial charge in [-0.1, -0.05) is 57.2 Å². The first-order valence-electron chi connectivity index (χ1n) is 8.61. The molecule has 0 aliphatic heterocycles. The van der Waals surface area contributed by atoms with Gasteiger partial charge in [-0.25, -0.2) is 0 Å². The minimum absolute atomic E-state index is 0.553. The Morgan fingerprint density at radius 1 is 0.958 bits per heavy atom. The molecule has 0 spiro atoms. The van der Waals surface area contributed by atoms with Crippen molar-refractivity contribution >= 4 is 42.8 Å². The van der Waals surface area contributed by atoms with E-state index >= 15 is 0 Å². The number of hydrogen-bond donors (Lipinski definition) is 0. The van der Waals surface area contributed by atoms with Crippen LogP contribution in [0.5, 0.6) is 0 Å². The largest absolute Gasteiger partial charge is 0.143 e. The van der Waals surface area contributed by atoms with E-state index in [0.717, 1.165) is 6.42 Å². The van der Waals surface area contributed by atoms with Crippen LogP contribution in [0.2, 0.25) is 0 Å². The molecule has 24 heavy (non-hydrogen) atoms. The van der Waals surface area contributed by atoms with Gasteiger partial charge in [-0.05, 0) is 57.7 Å². The second-order valence-corrected chi connectivity index (χ2v) is 8.93. The molecule has 2 aromatic carbocycles. The summed E-state index contributed by atoms with van der Waals surface area (Å²) >= 11 is 3.86. The molecule has 122 valence electrons. The van der Waals surface area contributed by atoms with Crippen LogP contribution in [0.15, 0.2) is 53.9 Å². The van der Waals surface area contributed by atoms with Gasteiger partial charge in [-0.2, -0.15) is 0 Å². The summed E-state index contributed by atoms with van der Waals surface area (Å²) in [5.41, 5.74) is 2.99. The highest BCUT2D eigenvalue weighted by Crippen LogP contribution is 2.37. The van der Waals surface area contributed by atoms with Crippen molar-refractivity contribution < 1.29 is 0 Å². The molecule has 0 saturated carbocycles. The number of fused-ring (bicyclic) bond motifs is 2. The number of hydrogen-bond acceptors (Lipinski definition) is 2. The number of benzene rings is 2. The zero-order chi connectivity index (χ0) is 16.7. The first kappa shape index (κ1) is 15.9. The predicted molar refractivity (Wildman–Crippen MR) is 110 cm³/mol. The monoisotopic (exact) mass is 350 g/mol. The van der Waals surface area contributed by atoms with E-state index in [9.17, 15) is 0 Å². The summed E-state index contributed by atoms with van der Waals surface area (Å²) in [5, 5.41) is 5.18.